The minimum Gasteiger partial charge on any atom is -0.324 e. The first kappa shape index (κ1) is 25.1. The Hall–Kier alpha value is -5.65. The van der Waals surface area contributed by atoms with E-state index in [-0.39, 0.29) is 19.5 Å². The van der Waals surface area contributed by atoms with Gasteiger partial charge in [-0.3, -0.25) is 0 Å². The van der Waals surface area contributed by atoms with Crippen molar-refractivity contribution in [2.45, 2.75) is 0 Å². The molecule has 2 aliphatic rings. The predicted octanol–water partition coefficient (Wildman–Crippen LogP) is 6.74. The first-order chi connectivity index (χ1) is 20.7. The summed E-state index contributed by atoms with van der Waals surface area (Å²) < 4.78 is 0. The Labute approximate surface area is 256 Å². The molecule has 8 bridgehead atoms. The molecule has 4 aromatic carbocycles. The maximum atomic E-state index is 9.99. The van der Waals surface area contributed by atoms with E-state index < -0.39 is 0 Å². The fourth-order valence-corrected chi connectivity index (χ4v) is 5.78. The molecule has 0 aliphatic carbocycles. The van der Waals surface area contributed by atoms with Crippen molar-refractivity contribution in [3.63, 3.8) is 0 Å². The van der Waals surface area contributed by atoms with Gasteiger partial charge in [-0.2, -0.15) is 5.26 Å². The molecule has 0 saturated carbocycles. The zero-order valence-electron chi connectivity index (χ0n) is 22.5. The molecule has 43 heavy (non-hydrogen) atoms. The summed E-state index contributed by atoms with van der Waals surface area (Å²) in [5.74, 6) is 2.11. The first-order valence-corrected chi connectivity index (χ1v) is 13.4. The van der Waals surface area contributed by atoms with E-state index in [1.165, 1.54) is 0 Å². The first-order valence-electron chi connectivity index (χ1n) is 13.4. The maximum Gasteiger partial charge on any atom is 0.164 e. The second kappa shape index (κ2) is 9.45. The molecule has 196 valence electrons. The van der Waals surface area contributed by atoms with E-state index in [1.807, 2.05) is 84.9 Å². The van der Waals surface area contributed by atoms with Crippen LogP contribution in [-0.4, -0.2) is 39.9 Å². The Morgan fingerprint density at radius 2 is 0.837 bits per heavy atom. The van der Waals surface area contributed by atoms with E-state index in [2.05, 4.69) is 16.0 Å². The summed E-state index contributed by atoms with van der Waals surface area (Å²) in [7, 11) is 0. The quantitative estimate of drug-likeness (QED) is 0.183. The number of fused-ring (bicyclic) bond motifs is 20. The zero-order chi connectivity index (χ0) is 27.8. The number of nitrogens with zero attached hydrogens (tertiary/aromatic N) is 7. The smallest absolute Gasteiger partial charge is 0.164 e. The molecule has 0 radical (unpaired) electrons. The summed E-state index contributed by atoms with van der Waals surface area (Å²) in [5, 5.41) is 13.3. The number of rotatable bonds is 0. The van der Waals surface area contributed by atoms with Crippen molar-refractivity contribution in [3.05, 3.63) is 96.6 Å². The van der Waals surface area contributed by atoms with Gasteiger partial charge in [0, 0.05) is 63.3 Å². The van der Waals surface area contributed by atoms with Crippen LogP contribution in [0, 0.1) is 11.3 Å². The molecule has 7 aromatic rings. The second-order valence-electron chi connectivity index (χ2n) is 10.1. The third-order valence-corrected chi connectivity index (χ3v) is 7.70. The monoisotopic (exact) mass is 603 g/mol. The molecule has 0 spiro atoms. The Morgan fingerprint density at radius 3 is 1.33 bits per heavy atom. The number of benzene rings is 4. The molecule has 0 saturated heterocycles. The van der Waals surface area contributed by atoms with Crippen LogP contribution in [0.4, 0.5) is 0 Å². The van der Waals surface area contributed by atoms with Gasteiger partial charge in [0.25, 0.3) is 0 Å². The second-order valence-corrected chi connectivity index (χ2v) is 10.1. The van der Waals surface area contributed by atoms with Crippen LogP contribution >= 0.6 is 0 Å². The van der Waals surface area contributed by atoms with Gasteiger partial charge < -0.3 is 9.97 Å². The van der Waals surface area contributed by atoms with E-state index in [0.29, 0.717) is 56.8 Å². The van der Waals surface area contributed by atoms with Crippen molar-refractivity contribution in [3.8, 4) is 51.6 Å². The van der Waals surface area contributed by atoms with Crippen molar-refractivity contribution < 1.29 is 19.5 Å². The van der Waals surface area contributed by atoms with E-state index >= 15 is 0 Å². The number of hydrogen-bond acceptors (Lipinski definition) is 7. The molecule has 0 unspecified atom stereocenters. The topological polar surface area (TPSA) is 133 Å². The van der Waals surface area contributed by atoms with E-state index in [0.717, 1.165) is 38.4 Å². The predicted molar refractivity (Wildman–Crippen MR) is 161 cm³/mol. The molecular weight excluding hydrogens is 588 g/mol. The van der Waals surface area contributed by atoms with E-state index in [1.54, 1.807) is 6.07 Å². The van der Waals surface area contributed by atoms with Crippen molar-refractivity contribution in [1.82, 2.24) is 39.9 Å². The number of aromatic amines is 2. The summed E-state index contributed by atoms with van der Waals surface area (Å²) in [4.78, 5) is 36.5. The number of aromatic nitrogens is 8. The van der Waals surface area contributed by atoms with Crippen LogP contribution in [0.1, 0.15) is 5.56 Å². The molecule has 9 nitrogen and oxygen atoms in total. The molecular formula is C33H17N9Zn. The van der Waals surface area contributed by atoms with Crippen LogP contribution in [0.15, 0.2) is 91.0 Å². The molecule has 2 N–H and O–H groups in total. The molecule has 0 atom stereocenters. The molecule has 10 heteroatoms. The summed E-state index contributed by atoms with van der Waals surface area (Å²) >= 11 is 0. The van der Waals surface area contributed by atoms with Crippen LogP contribution in [0.25, 0.3) is 89.7 Å². The Kier molecular flexibility index (Phi) is 5.51. The number of nitriles is 1. The third kappa shape index (κ3) is 3.72. The van der Waals surface area contributed by atoms with Crippen LogP contribution < -0.4 is 0 Å². The average molecular weight is 605 g/mol. The largest absolute Gasteiger partial charge is 0.324 e. The summed E-state index contributed by atoms with van der Waals surface area (Å²) in [6.45, 7) is 0. The average Bonchev–Trinajstić information content (AvgIpc) is 3.76. The molecule has 2 aliphatic heterocycles. The molecule has 0 fully saturated rings. The van der Waals surface area contributed by atoms with Crippen LogP contribution in [0.3, 0.4) is 0 Å². The Morgan fingerprint density at radius 1 is 0.442 bits per heavy atom. The van der Waals surface area contributed by atoms with Gasteiger partial charge in [-0.15, -0.1) is 0 Å². The number of nitrogens with one attached hydrogen (secondary N) is 2. The summed E-state index contributed by atoms with van der Waals surface area (Å²) in [6.07, 6.45) is 0. The molecule has 3 aromatic heterocycles. The van der Waals surface area contributed by atoms with Gasteiger partial charge in [0.1, 0.15) is 22.6 Å². The molecule has 9 rings (SSSR count). The van der Waals surface area contributed by atoms with Crippen molar-refractivity contribution in [2.24, 2.45) is 0 Å². The Bertz CT molecular complexity index is 2500. The standard InChI is InChI=1S/C33H17N9.Zn/c34-16-17-8-7-15-24-25(17)33-41-31-23-14-6-5-13-22(23)29(39-31)37-27-19-10-2-1-9-18(19)26(35-27)36-28-20-11-3-4-12-21(20)30(38-28)40-32(24)42-33;/h1-15H,(H2,35,36,37,38,39,40,41,42);. The summed E-state index contributed by atoms with van der Waals surface area (Å²) in [5.41, 5.74) is 6.30. The minimum absolute atomic E-state index is 0. The van der Waals surface area contributed by atoms with Crippen molar-refractivity contribution >= 4 is 44.1 Å². The third-order valence-electron chi connectivity index (χ3n) is 7.70. The van der Waals surface area contributed by atoms with E-state index in [4.69, 9.17) is 29.9 Å². The van der Waals surface area contributed by atoms with Crippen LogP contribution in [0.2, 0.25) is 0 Å². The zero-order valence-corrected chi connectivity index (χ0v) is 25.5. The number of hydrogen-bond donors (Lipinski definition) is 2. The molecule has 5 heterocycles. The van der Waals surface area contributed by atoms with Gasteiger partial charge >= 0.3 is 0 Å². The van der Waals surface area contributed by atoms with Gasteiger partial charge in [-0.1, -0.05) is 84.9 Å². The fourth-order valence-electron chi connectivity index (χ4n) is 5.78. The van der Waals surface area contributed by atoms with Crippen molar-refractivity contribution in [2.75, 3.05) is 0 Å². The van der Waals surface area contributed by atoms with Gasteiger partial charge in [0.15, 0.2) is 23.3 Å². The van der Waals surface area contributed by atoms with Gasteiger partial charge in [0.05, 0.1) is 11.6 Å². The SMILES string of the molecule is N#Cc1cccc2c3nc4nc(nc5[nH]c(nc6nc(nc([nH]3)c12)-c1ccccc1-6)c1ccccc51)-c1ccccc1-4.[Zn]. The van der Waals surface area contributed by atoms with Gasteiger partial charge in [0.2, 0.25) is 0 Å². The summed E-state index contributed by atoms with van der Waals surface area (Å²) in [6, 6.07) is 31.6. The fraction of sp³-hybridized carbons (Fsp3) is 0. The minimum atomic E-state index is 0. The van der Waals surface area contributed by atoms with Gasteiger partial charge in [-0.25, -0.2) is 29.9 Å². The molecule has 0 amide bonds. The maximum absolute atomic E-state index is 9.99. The van der Waals surface area contributed by atoms with Crippen LogP contribution in [0.5, 0.6) is 0 Å². The van der Waals surface area contributed by atoms with Crippen molar-refractivity contribution in [1.29, 1.82) is 5.26 Å². The normalized spacial score (nSPS) is 11.5. The van der Waals surface area contributed by atoms with Crippen LogP contribution in [-0.2, 0) is 19.5 Å². The van der Waals surface area contributed by atoms with Gasteiger partial charge in [-0.05, 0) is 6.07 Å². The Balaban J connectivity index is 0.00000278. The number of H-pyrrole nitrogens is 2. The van der Waals surface area contributed by atoms with E-state index in [9.17, 15) is 5.26 Å².